The largest absolute Gasteiger partial charge is 0.382 e. The highest BCUT2D eigenvalue weighted by Crippen LogP contribution is 2.32. The van der Waals surface area contributed by atoms with Gasteiger partial charge in [-0.2, -0.15) is 5.10 Å². The predicted molar refractivity (Wildman–Crippen MR) is 121 cm³/mol. The maximum atomic E-state index is 12.8. The monoisotopic (exact) mass is 430 g/mol. The third-order valence-corrected chi connectivity index (χ3v) is 5.82. The van der Waals surface area contributed by atoms with E-state index in [1.807, 2.05) is 21.5 Å². The molecule has 32 heavy (non-hydrogen) atoms. The first-order valence-electron chi connectivity index (χ1n) is 10.9. The third-order valence-electron chi connectivity index (χ3n) is 5.82. The summed E-state index contributed by atoms with van der Waals surface area (Å²) in [5.74, 6) is 1.37. The minimum atomic E-state index is -0.0958. The minimum absolute atomic E-state index is 0.0958. The Kier molecular flexibility index (Phi) is 5.53. The fourth-order valence-electron chi connectivity index (χ4n) is 4.19. The van der Waals surface area contributed by atoms with Crippen LogP contribution in [0.15, 0.2) is 49.1 Å². The zero-order valence-corrected chi connectivity index (χ0v) is 18.0. The van der Waals surface area contributed by atoms with E-state index >= 15 is 0 Å². The van der Waals surface area contributed by atoms with Gasteiger partial charge in [0.2, 0.25) is 5.91 Å². The van der Waals surface area contributed by atoms with Crippen LogP contribution in [0.5, 0.6) is 0 Å². The molecule has 0 bridgehead atoms. The molecule has 0 aliphatic carbocycles. The number of carbonyl (C=O) groups excluding carboxylic acids is 1. The number of carbonyl (C=O) groups is 1. The van der Waals surface area contributed by atoms with E-state index in [-0.39, 0.29) is 12.5 Å². The molecule has 164 valence electrons. The molecule has 0 radical (unpaired) electrons. The molecule has 4 heterocycles. The van der Waals surface area contributed by atoms with E-state index in [0.29, 0.717) is 31.4 Å². The van der Waals surface area contributed by atoms with Gasteiger partial charge >= 0.3 is 0 Å². The van der Waals surface area contributed by atoms with Crippen molar-refractivity contribution in [3.05, 3.63) is 66.3 Å². The van der Waals surface area contributed by atoms with Crippen LogP contribution in [0.25, 0.3) is 11.0 Å². The number of aryl methyl sites for hydroxylation is 3. The van der Waals surface area contributed by atoms with E-state index in [2.05, 4.69) is 44.8 Å². The van der Waals surface area contributed by atoms with Crippen molar-refractivity contribution in [2.45, 2.75) is 51.9 Å². The van der Waals surface area contributed by atoms with Gasteiger partial charge in [-0.15, -0.1) is 0 Å². The van der Waals surface area contributed by atoms with E-state index < -0.39 is 0 Å². The molecule has 5 rings (SSSR count). The maximum Gasteiger partial charge on any atom is 0.240 e. The molecule has 1 amide bonds. The molecule has 4 aromatic rings. The number of aromatic nitrogens is 6. The summed E-state index contributed by atoms with van der Waals surface area (Å²) in [6, 6.07) is 8.29. The Morgan fingerprint density at radius 2 is 2.09 bits per heavy atom. The number of benzene rings is 1. The van der Waals surface area contributed by atoms with Crippen molar-refractivity contribution in [3.8, 4) is 0 Å². The van der Waals surface area contributed by atoms with E-state index in [1.165, 1.54) is 5.56 Å². The van der Waals surface area contributed by atoms with Crippen LogP contribution in [0.2, 0.25) is 0 Å². The molecule has 1 aliphatic rings. The van der Waals surface area contributed by atoms with Gasteiger partial charge in [0.15, 0.2) is 0 Å². The van der Waals surface area contributed by atoms with Gasteiger partial charge in [0.25, 0.3) is 0 Å². The Labute approximate surface area is 185 Å². The predicted octanol–water partition coefficient (Wildman–Crippen LogP) is 2.33. The maximum absolute atomic E-state index is 12.8. The molecule has 9 nitrogen and oxygen atoms in total. The summed E-state index contributed by atoms with van der Waals surface area (Å²) in [5.41, 5.74) is 4.35. The van der Waals surface area contributed by atoms with Crippen LogP contribution in [0.3, 0.4) is 0 Å². The van der Waals surface area contributed by atoms with E-state index in [4.69, 9.17) is 4.98 Å². The van der Waals surface area contributed by atoms with Crippen LogP contribution in [0.1, 0.15) is 30.6 Å². The van der Waals surface area contributed by atoms with Gasteiger partial charge in [-0.1, -0.05) is 0 Å². The van der Waals surface area contributed by atoms with Gasteiger partial charge in [-0.05, 0) is 44.0 Å². The summed E-state index contributed by atoms with van der Waals surface area (Å²) in [7, 11) is 0. The van der Waals surface area contributed by atoms with Gasteiger partial charge in [0.1, 0.15) is 18.2 Å². The first kappa shape index (κ1) is 20.2. The number of rotatable bonds is 7. The lowest BCUT2D eigenvalue weighted by atomic mass is 9.98. The number of imidazole rings is 1. The summed E-state index contributed by atoms with van der Waals surface area (Å²) >= 11 is 0. The number of hydrogen-bond acceptors (Lipinski definition) is 6. The van der Waals surface area contributed by atoms with E-state index in [9.17, 15) is 4.79 Å². The molecule has 0 saturated carbocycles. The normalized spacial score (nSPS) is 15.3. The smallest absolute Gasteiger partial charge is 0.240 e. The molecule has 0 saturated heterocycles. The highest BCUT2D eigenvalue weighted by molar-refractivity contribution is 5.87. The van der Waals surface area contributed by atoms with Crippen molar-refractivity contribution in [3.63, 3.8) is 0 Å². The molecule has 0 spiro atoms. The summed E-state index contributed by atoms with van der Waals surface area (Å²) in [6.07, 6.45) is 9.78. The standard InChI is InChI=1S/C23H26N8O/c1-16-4-5-17-18(28-16)6-7-19-23(17)29-21(8-13-30-12-3-11-27-30)31(19)15-22(32)26-14-20-24-9-2-10-25-20/h2-3,6-7,9-12,16,28H,4-5,8,13-15H2,1H3,(H,26,32)/t16-/m0/s1. The van der Waals surface area contributed by atoms with Gasteiger partial charge in [0, 0.05) is 55.0 Å². The molecule has 1 atom stereocenters. The van der Waals surface area contributed by atoms with Gasteiger partial charge in [-0.25, -0.2) is 15.0 Å². The highest BCUT2D eigenvalue weighted by atomic mass is 16.1. The quantitative estimate of drug-likeness (QED) is 0.467. The Hall–Kier alpha value is -3.75. The summed E-state index contributed by atoms with van der Waals surface area (Å²) < 4.78 is 3.91. The molecule has 2 N–H and O–H groups in total. The topological polar surface area (TPSA) is 103 Å². The molecule has 1 aromatic carbocycles. The van der Waals surface area contributed by atoms with Gasteiger partial charge < -0.3 is 15.2 Å². The van der Waals surface area contributed by atoms with Crippen LogP contribution in [-0.2, 0) is 37.3 Å². The van der Waals surface area contributed by atoms with E-state index in [1.54, 1.807) is 24.7 Å². The van der Waals surface area contributed by atoms with Crippen LogP contribution >= 0.6 is 0 Å². The number of nitrogens with zero attached hydrogens (tertiary/aromatic N) is 6. The fraction of sp³-hybridized carbons (Fsp3) is 0.348. The molecular formula is C23H26N8O. The van der Waals surface area contributed by atoms with Crippen LogP contribution in [0.4, 0.5) is 5.69 Å². The molecule has 0 fully saturated rings. The van der Waals surface area contributed by atoms with Crippen molar-refractivity contribution in [2.75, 3.05) is 5.32 Å². The van der Waals surface area contributed by atoms with Crippen LogP contribution in [0, 0.1) is 0 Å². The SMILES string of the molecule is C[C@H]1CCc2c(ccc3c2nc(CCn2cccn2)n3CC(=O)NCc2ncccn2)N1. The number of anilines is 1. The molecule has 0 unspecified atom stereocenters. The summed E-state index contributed by atoms with van der Waals surface area (Å²) in [5, 5.41) is 10.8. The lowest BCUT2D eigenvalue weighted by Crippen LogP contribution is -2.28. The first-order chi connectivity index (χ1) is 15.7. The summed E-state index contributed by atoms with van der Waals surface area (Å²) in [4.78, 5) is 26.1. The van der Waals surface area contributed by atoms with Crippen LogP contribution in [-0.4, -0.2) is 41.2 Å². The Morgan fingerprint density at radius 1 is 1.22 bits per heavy atom. The molecule has 3 aromatic heterocycles. The third kappa shape index (κ3) is 4.18. The second kappa shape index (κ2) is 8.78. The van der Waals surface area contributed by atoms with Gasteiger partial charge in [-0.3, -0.25) is 9.48 Å². The zero-order valence-electron chi connectivity index (χ0n) is 18.0. The number of hydrogen-bond donors (Lipinski definition) is 2. The zero-order chi connectivity index (χ0) is 21.9. The second-order valence-electron chi connectivity index (χ2n) is 8.12. The van der Waals surface area contributed by atoms with Crippen molar-refractivity contribution < 1.29 is 4.79 Å². The Morgan fingerprint density at radius 3 is 2.91 bits per heavy atom. The van der Waals surface area contributed by atoms with Crippen molar-refractivity contribution >= 4 is 22.6 Å². The fourth-order valence-corrected chi connectivity index (χ4v) is 4.19. The molecule has 9 heteroatoms. The Balaban J connectivity index is 1.43. The molecule has 1 aliphatic heterocycles. The first-order valence-corrected chi connectivity index (χ1v) is 10.9. The van der Waals surface area contributed by atoms with Crippen molar-refractivity contribution in [1.82, 2.24) is 34.6 Å². The average Bonchev–Trinajstić information content (AvgIpc) is 3.45. The lowest BCUT2D eigenvalue weighted by molar-refractivity contribution is -0.121. The summed E-state index contributed by atoms with van der Waals surface area (Å²) in [6.45, 7) is 3.39. The average molecular weight is 431 g/mol. The van der Waals surface area contributed by atoms with Crippen molar-refractivity contribution in [1.29, 1.82) is 0 Å². The van der Waals surface area contributed by atoms with E-state index in [0.717, 1.165) is 35.4 Å². The number of fused-ring (bicyclic) bond motifs is 3. The lowest BCUT2D eigenvalue weighted by Gasteiger charge is -2.24. The number of nitrogens with one attached hydrogen (secondary N) is 2. The molecular weight excluding hydrogens is 404 g/mol. The van der Waals surface area contributed by atoms with Crippen molar-refractivity contribution in [2.24, 2.45) is 0 Å². The minimum Gasteiger partial charge on any atom is -0.382 e. The van der Waals surface area contributed by atoms with Gasteiger partial charge in [0.05, 0.1) is 17.6 Å². The van der Waals surface area contributed by atoms with Crippen LogP contribution < -0.4 is 10.6 Å². The number of amides is 1. The Bertz CT molecular complexity index is 1220. The highest BCUT2D eigenvalue weighted by Gasteiger charge is 2.22. The second-order valence-corrected chi connectivity index (χ2v) is 8.12.